The zero-order valence-electron chi connectivity index (χ0n) is 17.1. The lowest BCUT2D eigenvalue weighted by atomic mass is 9.95. The van der Waals surface area contributed by atoms with E-state index in [2.05, 4.69) is 84.7 Å². The van der Waals surface area contributed by atoms with Crippen molar-refractivity contribution in [1.82, 2.24) is 15.1 Å². The quantitative estimate of drug-likeness (QED) is 0.502. The van der Waals surface area contributed by atoms with E-state index in [1.807, 2.05) is 23.1 Å². The summed E-state index contributed by atoms with van der Waals surface area (Å²) in [6.07, 6.45) is 0. The molecule has 0 fully saturated rings. The Hall–Kier alpha value is -3.66. The van der Waals surface area contributed by atoms with E-state index in [1.165, 1.54) is 11.1 Å². The zero-order valence-corrected chi connectivity index (χ0v) is 17.1. The maximum Gasteiger partial charge on any atom is 0.273 e. The molecule has 1 atom stereocenters. The van der Waals surface area contributed by atoms with Crippen molar-refractivity contribution in [2.75, 3.05) is 0 Å². The second-order valence-corrected chi connectivity index (χ2v) is 7.96. The van der Waals surface area contributed by atoms with Crippen LogP contribution in [-0.4, -0.2) is 21.0 Å². The topological polar surface area (TPSA) is 49.0 Å². The van der Waals surface area contributed by atoms with Crippen molar-refractivity contribution >= 4 is 5.91 Å². The first kappa shape index (κ1) is 18.4. The molecule has 1 amide bonds. The standard InChI is InChI=1S/C26H23N3O/c1-17-8-12-19(13-9-17)16-29-25(21-6-4-3-5-7-21)22-23(27-28-24(22)26(29)30)20-14-10-18(2)11-15-20/h3-15,25H,16H2,1-2H3,(H,27,28). The highest BCUT2D eigenvalue weighted by Crippen LogP contribution is 2.43. The highest BCUT2D eigenvalue weighted by Gasteiger charge is 2.42. The van der Waals surface area contributed by atoms with E-state index >= 15 is 0 Å². The van der Waals surface area contributed by atoms with Crippen molar-refractivity contribution < 1.29 is 4.79 Å². The molecule has 148 valence electrons. The Morgan fingerprint density at radius 1 is 0.867 bits per heavy atom. The van der Waals surface area contributed by atoms with Crippen LogP contribution >= 0.6 is 0 Å². The first-order chi connectivity index (χ1) is 14.6. The van der Waals surface area contributed by atoms with E-state index in [-0.39, 0.29) is 11.9 Å². The molecule has 0 aliphatic carbocycles. The zero-order chi connectivity index (χ0) is 20.7. The number of aromatic nitrogens is 2. The molecule has 4 heteroatoms. The van der Waals surface area contributed by atoms with Crippen LogP contribution in [0.5, 0.6) is 0 Å². The van der Waals surface area contributed by atoms with Crippen LogP contribution in [0.15, 0.2) is 78.9 Å². The van der Waals surface area contributed by atoms with Crippen LogP contribution in [0, 0.1) is 13.8 Å². The number of rotatable bonds is 4. The largest absolute Gasteiger partial charge is 0.322 e. The van der Waals surface area contributed by atoms with E-state index < -0.39 is 0 Å². The lowest BCUT2D eigenvalue weighted by molar-refractivity contribution is 0.0730. The average molecular weight is 393 g/mol. The summed E-state index contributed by atoms with van der Waals surface area (Å²) in [4.78, 5) is 15.4. The molecule has 1 aromatic heterocycles. The Morgan fingerprint density at radius 3 is 2.17 bits per heavy atom. The highest BCUT2D eigenvalue weighted by atomic mass is 16.2. The van der Waals surface area contributed by atoms with Gasteiger partial charge in [-0.1, -0.05) is 90.0 Å². The number of aromatic amines is 1. The van der Waals surface area contributed by atoms with Gasteiger partial charge in [-0.05, 0) is 25.0 Å². The van der Waals surface area contributed by atoms with Gasteiger partial charge in [0, 0.05) is 17.7 Å². The third-order valence-corrected chi connectivity index (χ3v) is 5.78. The van der Waals surface area contributed by atoms with Crippen LogP contribution in [0.1, 0.15) is 44.3 Å². The molecule has 4 aromatic rings. The number of hydrogen-bond donors (Lipinski definition) is 1. The third-order valence-electron chi connectivity index (χ3n) is 5.78. The molecule has 0 bridgehead atoms. The van der Waals surface area contributed by atoms with E-state index in [1.54, 1.807) is 0 Å². The Kier molecular flexibility index (Phi) is 4.47. The first-order valence-electron chi connectivity index (χ1n) is 10.2. The lowest BCUT2D eigenvalue weighted by Crippen LogP contribution is -2.29. The summed E-state index contributed by atoms with van der Waals surface area (Å²) in [7, 11) is 0. The van der Waals surface area contributed by atoms with E-state index in [0.29, 0.717) is 12.2 Å². The number of hydrogen-bond acceptors (Lipinski definition) is 2. The monoisotopic (exact) mass is 393 g/mol. The van der Waals surface area contributed by atoms with Gasteiger partial charge in [0.15, 0.2) is 0 Å². The molecule has 0 radical (unpaired) electrons. The Balaban J connectivity index is 1.62. The molecule has 1 aliphatic heterocycles. The molecule has 1 aliphatic rings. The molecule has 0 saturated carbocycles. The summed E-state index contributed by atoms with van der Waals surface area (Å²) in [6.45, 7) is 4.69. The van der Waals surface area contributed by atoms with Gasteiger partial charge < -0.3 is 4.90 Å². The number of aryl methyl sites for hydroxylation is 2. The van der Waals surface area contributed by atoms with Crippen LogP contribution < -0.4 is 0 Å². The molecular formula is C26H23N3O. The normalized spacial score (nSPS) is 15.5. The maximum absolute atomic E-state index is 13.4. The minimum absolute atomic E-state index is 0.00899. The minimum atomic E-state index is -0.176. The molecule has 30 heavy (non-hydrogen) atoms. The van der Waals surface area contributed by atoms with Crippen molar-refractivity contribution in [3.63, 3.8) is 0 Å². The van der Waals surface area contributed by atoms with E-state index in [4.69, 9.17) is 0 Å². The summed E-state index contributed by atoms with van der Waals surface area (Å²) in [6, 6.07) is 26.7. The smallest absolute Gasteiger partial charge is 0.273 e. The number of nitrogens with zero attached hydrogens (tertiary/aromatic N) is 2. The predicted molar refractivity (Wildman–Crippen MR) is 118 cm³/mol. The van der Waals surface area contributed by atoms with E-state index in [0.717, 1.165) is 27.9 Å². The van der Waals surface area contributed by atoms with Crippen LogP contribution in [0.2, 0.25) is 0 Å². The van der Waals surface area contributed by atoms with Gasteiger partial charge in [0.2, 0.25) is 0 Å². The Labute approximate surface area is 176 Å². The molecule has 0 spiro atoms. The number of carbonyl (C=O) groups excluding carboxylic acids is 1. The lowest BCUT2D eigenvalue weighted by Gasteiger charge is -2.26. The van der Waals surface area contributed by atoms with Gasteiger partial charge in [0.25, 0.3) is 5.91 Å². The second kappa shape index (κ2) is 7.30. The van der Waals surface area contributed by atoms with Crippen molar-refractivity contribution in [3.8, 4) is 11.3 Å². The number of amides is 1. The van der Waals surface area contributed by atoms with Crippen molar-refractivity contribution in [3.05, 3.63) is 112 Å². The number of carbonyl (C=O) groups is 1. The number of fused-ring (bicyclic) bond motifs is 1. The summed E-state index contributed by atoms with van der Waals surface area (Å²) in [5.74, 6) is -0.00899. The van der Waals surface area contributed by atoms with Crippen LogP contribution in [0.4, 0.5) is 0 Å². The molecule has 3 aromatic carbocycles. The summed E-state index contributed by atoms with van der Waals surface area (Å²) in [5.41, 5.74) is 8.03. The molecule has 1 unspecified atom stereocenters. The Bertz CT molecular complexity index is 1190. The SMILES string of the molecule is Cc1ccc(CN2C(=O)c3[nH]nc(-c4ccc(C)cc4)c3C2c2ccccc2)cc1. The highest BCUT2D eigenvalue weighted by molar-refractivity contribution is 6.00. The molecular weight excluding hydrogens is 370 g/mol. The average Bonchev–Trinajstić information content (AvgIpc) is 3.30. The Morgan fingerprint density at radius 2 is 1.50 bits per heavy atom. The van der Waals surface area contributed by atoms with Crippen molar-refractivity contribution in [2.45, 2.75) is 26.4 Å². The van der Waals surface area contributed by atoms with Crippen LogP contribution in [-0.2, 0) is 6.54 Å². The van der Waals surface area contributed by atoms with Crippen molar-refractivity contribution in [1.29, 1.82) is 0 Å². The van der Waals surface area contributed by atoms with Gasteiger partial charge in [-0.2, -0.15) is 5.10 Å². The minimum Gasteiger partial charge on any atom is -0.322 e. The van der Waals surface area contributed by atoms with E-state index in [9.17, 15) is 4.79 Å². The predicted octanol–water partition coefficient (Wildman–Crippen LogP) is 5.44. The molecule has 0 saturated heterocycles. The first-order valence-corrected chi connectivity index (χ1v) is 10.2. The summed E-state index contributed by atoms with van der Waals surface area (Å²) >= 11 is 0. The fraction of sp³-hybridized carbons (Fsp3) is 0.154. The molecule has 1 N–H and O–H groups in total. The van der Waals surface area contributed by atoms with Gasteiger partial charge in [-0.25, -0.2) is 0 Å². The molecule has 5 rings (SSSR count). The summed E-state index contributed by atoms with van der Waals surface area (Å²) < 4.78 is 0. The number of H-pyrrole nitrogens is 1. The van der Waals surface area contributed by atoms with Gasteiger partial charge in [-0.15, -0.1) is 0 Å². The molecule has 2 heterocycles. The van der Waals surface area contributed by atoms with Gasteiger partial charge in [0.1, 0.15) is 5.69 Å². The molecule has 4 nitrogen and oxygen atoms in total. The fourth-order valence-corrected chi connectivity index (χ4v) is 4.16. The fourth-order valence-electron chi connectivity index (χ4n) is 4.16. The van der Waals surface area contributed by atoms with Crippen LogP contribution in [0.3, 0.4) is 0 Å². The second-order valence-electron chi connectivity index (χ2n) is 7.96. The van der Waals surface area contributed by atoms with Gasteiger partial charge >= 0.3 is 0 Å². The van der Waals surface area contributed by atoms with Gasteiger partial charge in [-0.3, -0.25) is 9.89 Å². The number of benzene rings is 3. The van der Waals surface area contributed by atoms with Crippen LogP contribution in [0.25, 0.3) is 11.3 Å². The maximum atomic E-state index is 13.4. The third kappa shape index (κ3) is 3.11. The van der Waals surface area contributed by atoms with Gasteiger partial charge in [0.05, 0.1) is 11.7 Å². The van der Waals surface area contributed by atoms with Crippen molar-refractivity contribution in [2.24, 2.45) is 0 Å². The number of nitrogens with one attached hydrogen (secondary N) is 1. The summed E-state index contributed by atoms with van der Waals surface area (Å²) in [5, 5.41) is 7.58.